The largest absolute Gasteiger partial charge is 0.858 e. The van der Waals surface area contributed by atoms with Crippen molar-refractivity contribution in [3.8, 4) is 0 Å². The summed E-state index contributed by atoms with van der Waals surface area (Å²) in [7, 11) is -3.88. The summed E-state index contributed by atoms with van der Waals surface area (Å²) in [5.74, 6) is -0.632. The predicted molar refractivity (Wildman–Crippen MR) is 114 cm³/mol. The standard InChI is InChI=1S/C19H13BrCl2N2O3S/c20-12-5-7-16(8-6-12)28(26,27)24-18-4-2-1-3-17(18)19(25)23-15-10-13(21)9-14(22)11-15/h1-11,24H,(H,23,25)/p-1. The molecule has 5 nitrogen and oxygen atoms in total. The first-order valence-corrected chi connectivity index (χ1v) is 10.9. The van der Waals surface area contributed by atoms with Crippen LogP contribution in [0.3, 0.4) is 0 Å². The molecule has 3 aromatic carbocycles. The highest BCUT2D eigenvalue weighted by atomic mass is 79.9. The van der Waals surface area contributed by atoms with Gasteiger partial charge in [0.2, 0.25) is 0 Å². The highest BCUT2D eigenvalue weighted by Crippen LogP contribution is 2.26. The molecule has 0 bridgehead atoms. The number of rotatable bonds is 5. The van der Waals surface area contributed by atoms with Crippen molar-refractivity contribution in [3.63, 3.8) is 0 Å². The second kappa shape index (κ2) is 8.53. The third kappa shape index (κ3) is 5.05. The lowest BCUT2D eigenvalue weighted by Crippen LogP contribution is -2.22. The van der Waals surface area contributed by atoms with Crippen molar-refractivity contribution in [2.75, 3.05) is 4.72 Å². The fourth-order valence-corrected chi connectivity index (χ4v) is 4.22. The van der Waals surface area contributed by atoms with Gasteiger partial charge in [0.05, 0.1) is 16.3 Å². The van der Waals surface area contributed by atoms with Crippen molar-refractivity contribution in [1.29, 1.82) is 0 Å². The molecule has 0 aliphatic rings. The molecule has 9 heteroatoms. The van der Waals surface area contributed by atoms with Crippen LogP contribution < -0.4 is 9.83 Å². The van der Waals surface area contributed by atoms with Gasteiger partial charge in [-0.1, -0.05) is 57.3 Å². The van der Waals surface area contributed by atoms with Crippen LogP contribution >= 0.6 is 39.1 Å². The first kappa shape index (κ1) is 20.7. The molecule has 0 saturated heterocycles. The average Bonchev–Trinajstić information content (AvgIpc) is 2.61. The molecule has 0 amide bonds. The molecule has 0 atom stereocenters. The van der Waals surface area contributed by atoms with Crippen molar-refractivity contribution in [1.82, 2.24) is 0 Å². The molecule has 0 aliphatic carbocycles. The molecule has 28 heavy (non-hydrogen) atoms. The Morgan fingerprint density at radius 2 is 1.57 bits per heavy atom. The molecule has 0 unspecified atom stereocenters. The maximum Gasteiger partial charge on any atom is 0.261 e. The van der Waals surface area contributed by atoms with Crippen LogP contribution in [0.2, 0.25) is 10.0 Å². The van der Waals surface area contributed by atoms with E-state index in [1.165, 1.54) is 42.5 Å². The lowest BCUT2D eigenvalue weighted by Gasteiger charge is -2.17. The molecule has 1 N–H and O–H groups in total. The number of hydrogen-bond donors (Lipinski definition) is 1. The van der Waals surface area contributed by atoms with Crippen LogP contribution in [0.4, 0.5) is 11.4 Å². The van der Waals surface area contributed by atoms with Gasteiger partial charge in [-0.2, -0.15) is 0 Å². The smallest absolute Gasteiger partial charge is 0.261 e. The van der Waals surface area contributed by atoms with Crippen molar-refractivity contribution in [3.05, 3.63) is 86.8 Å². The van der Waals surface area contributed by atoms with Gasteiger partial charge in [-0.05, 0) is 54.4 Å². The fourth-order valence-electron chi connectivity index (χ4n) is 2.36. The Kier molecular flexibility index (Phi) is 6.30. The molecule has 0 fully saturated rings. The molecule has 3 rings (SSSR count). The lowest BCUT2D eigenvalue weighted by molar-refractivity contribution is -0.212. The highest BCUT2D eigenvalue weighted by Gasteiger charge is 2.16. The predicted octanol–water partition coefficient (Wildman–Crippen LogP) is 5.00. The average molecular weight is 499 g/mol. The normalized spacial score (nSPS) is 12.0. The number of benzene rings is 3. The number of aliphatic imine (C=N–C) groups is 1. The van der Waals surface area contributed by atoms with Crippen LogP contribution in [0.15, 0.2) is 81.1 Å². The van der Waals surface area contributed by atoms with Gasteiger partial charge in [0, 0.05) is 20.1 Å². The van der Waals surface area contributed by atoms with E-state index in [2.05, 4.69) is 25.6 Å². The van der Waals surface area contributed by atoms with Crippen molar-refractivity contribution in [2.45, 2.75) is 4.90 Å². The van der Waals surface area contributed by atoms with Gasteiger partial charge in [0.1, 0.15) is 0 Å². The van der Waals surface area contributed by atoms with Gasteiger partial charge >= 0.3 is 0 Å². The molecule has 0 saturated carbocycles. The van der Waals surface area contributed by atoms with E-state index < -0.39 is 15.9 Å². The Bertz CT molecular complexity index is 1130. The minimum atomic E-state index is -3.88. The zero-order chi connectivity index (χ0) is 20.3. The quantitative estimate of drug-likeness (QED) is 0.397. The maximum absolute atomic E-state index is 12.6. The third-order valence-electron chi connectivity index (χ3n) is 3.60. The zero-order valence-electron chi connectivity index (χ0n) is 14.1. The van der Waals surface area contributed by atoms with Crippen molar-refractivity contribution in [2.24, 2.45) is 4.99 Å². The van der Waals surface area contributed by atoms with E-state index in [4.69, 9.17) is 23.2 Å². The fraction of sp³-hybridized carbons (Fsp3) is 0. The van der Waals surface area contributed by atoms with Crippen LogP contribution in [0.5, 0.6) is 0 Å². The van der Waals surface area contributed by atoms with Gasteiger partial charge in [-0.3, -0.25) is 9.71 Å². The minimum Gasteiger partial charge on any atom is -0.858 e. The molecular formula is C19H12BrCl2N2O3S-. The van der Waals surface area contributed by atoms with E-state index in [1.54, 1.807) is 24.3 Å². The Morgan fingerprint density at radius 1 is 0.964 bits per heavy atom. The first-order valence-electron chi connectivity index (χ1n) is 7.84. The van der Waals surface area contributed by atoms with E-state index in [0.717, 1.165) is 4.47 Å². The Labute approximate surface area is 180 Å². The topological polar surface area (TPSA) is 81.6 Å². The molecule has 3 aromatic rings. The number of sulfonamides is 1. The van der Waals surface area contributed by atoms with Gasteiger partial charge in [0.15, 0.2) is 0 Å². The summed E-state index contributed by atoms with van der Waals surface area (Å²) in [5.41, 5.74) is 0.486. The number of para-hydroxylation sites is 1. The van der Waals surface area contributed by atoms with Gasteiger partial charge < -0.3 is 5.11 Å². The molecular weight excluding hydrogens is 487 g/mol. The molecule has 0 aliphatic heterocycles. The lowest BCUT2D eigenvalue weighted by atomic mass is 10.2. The molecule has 0 spiro atoms. The second-order valence-corrected chi connectivity index (χ2v) is 9.12. The van der Waals surface area contributed by atoms with E-state index in [1.807, 2.05) is 0 Å². The van der Waals surface area contributed by atoms with Crippen LogP contribution in [0.25, 0.3) is 0 Å². The Balaban J connectivity index is 1.97. The minimum absolute atomic E-state index is 0.0662. The van der Waals surface area contributed by atoms with Gasteiger partial charge in [-0.25, -0.2) is 8.42 Å². The van der Waals surface area contributed by atoms with Crippen LogP contribution in [-0.4, -0.2) is 14.3 Å². The van der Waals surface area contributed by atoms with Gasteiger partial charge in [0.25, 0.3) is 10.0 Å². The summed E-state index contributed by atoms with van der Waals surface area (Å²) < 4.78 is 28.5. The molecule has 0 heterocycles. The van der Waals surface area contributed by atoms with E-state index in [9.17, 15) is 13.5 Å². The third-order valence-corrected chi connectivity index (χ3v) is 5.95. The van der Waals surface area contributed by atoms with E-state index in [-0.39, 0.29) is 21.8 Å². The summed E-state index contributed by atoms with van der Waals surface area (Å²) in [5, 5.41) is 13.3. The van der Waals surface area contributed by atoms with Crippen molar-refractivity contribution < 1.29 is 13.5 Å². The van der Waals surface area contributed by atoms with Crippen LogP contribution in [0.1, 0.15) is 5.56 Å². The number of anilines is 1. The number of hydrogen-bond acceptors (Lipinski definition) is 4. The molecule has 0 aromatic heterocycles. The second-order valence-electron chi connectivity index (χ2n) is 5.65. The summed E-state index contributed by atoms with van der Waals surface area (Å²) in [6.45, 7) is 0. The SMILES string of the molecule is O=S(=O)(Nc1ccccc1C([O-])=Nc1cc(Cl)cc(Cl)c1)c1ccc(Br)cc1. The Hall–Kier alpha value is -2.06. The number of nitrogens with zero attached hydrogens (tertiary/aromatic N) is 1. The summed E-state index contributed by atoms with van der Waals surface area (Å²) in [6, 6.07) is 16.8. The van der Waals surface area contributed by atoms with Crippen LogP contribution in [-0.2, 0) is 10.0 Å². The summed E-state index contributed by atoms with van der Waals surface area (Å²) in [4.78, 5) is 4.04. The van der Waals surface area contributed by atoms with Crippen LogP contribution in [0, 0.1) is 0 Å². The summed E-state index contributed by atoms with van der Waals surface area (Å²) >= 11 is 15.1. The number of halogens is 3. The summed E-state index contributed by atoms with van der Waals surface area (Å²) in [6.07, 6.45) is 0. The Morgan fingerprint density at radius 3 is 2.21 bits per heavy atom. The monoisotopic (exact) mass is 497 g/mol. The van der Waals surface area contributed by atoms with E-state index in [0.29, 0.717) is 10.0 Å². The zero-order valence-corrected chi connectivity index (χ0v) is 18.0. The maximum atomic E-state index is 12.6. The van der Waals surface area contributed by atoms with Crippen molar-refractivity contribution >= 4 is 66.4 Å². The van der Waals surface area contributed by atoms with E-state index >= 15 is 0 Å². The van der Waals surface area contributed by atoms with Gasteiger partial charge in [-0.15, -0.1) is 0 Å². The first-order chi connectivity index (χ1) is 13.2. The number of nitrogens with one attached hydrogen (secondary N) is 1. The molecule has 0 radical (unpaired) electrons. The highest BCUT2D eigenvalue weighted by molar-refractivity contribution is 9.10. The molecule has 144 valence electrons.